The minimum absolute atomic E-state index is 0.0511. The first-order valence-electron chi connectivity index (χ1n) is 18.2. The number of nitrogen functional groups attached to an aromatic ring is 2. The van der Waals surface area contributed by atoms with Gasteiger partial charge in [-0.15, -0.1) is 23.5 Å². The third kappa shape index (κ3) is 16.0. The van der Waals surface area contributed by atoms with E-state index in [4.69, 9.17) is 43.8 Å². The van der Waals surface area contributed by atoms with Gasteiger partial charge in [-0.05, 0) is 50.6 Å². The summed E-state index contributed by atoms with van der Waals surface area (Å²) in [6.45, 7) is 10.1. The van der Waals surface area contributed by atoms with E-state index in [-0.39, 0.29) is 48.0 Å². The molecular weight excluding hydrogens is 817 g/mol. The Kier molecular flexibility index (Phi) is 19.8. The minimum Gasteiger partial charge on any atom is -0.462 e. The molecule has 2 aromatic heterocycles. The van der Waals surface area contributed by atoms with Gasteiger partial charge in [0.25, 0.3) is 0 Å². The van der Waals surface area contributed by atoms with Gasteiger partial charge in [0, 0.05) is 37.0 Å². The Morgan fingerprint density at radius 1 is 0.912 bits per heavy atom. The van der Waals surface area contributed by atoms with Gasteiger partial charge in [0.15, 0.2) is 0 Å². The molecule has 6 atom stereocenters. The number of nitrogens with two attached hydrogens (primary N) is 2. The van der Waals surface area contributed by atoms with Crippen LogP contribution in [0.3, 0.4) is 0 Å². The van der Waals surface area contributed by atoms with Crippen molar-refractivity contribution in [3.8, 4) is 5.75 Å². The molecule has 312 valence electrons. The van der Waals surface area contributed by atoms with E-state index in [0.29, 0.717) is 23.9 Å². The third-order valence-corrected chi connectivity index (χ3v) is 11.8. The van der Waals surface area contributed by atoms with Crippen LogP contribution >= 0.6 is 40.4 Å². The van der Waals surface area contributed by atoms with Gasteiger partial charge in [0.1, 0.15) is 53.0 Å². The van der Waals surface area contributed by atoms with Crippen molar-refractivity contribution in [2.45, 2.75) is 70.0 Å². The van der Waals surface area contributed by atoms with Crippen molar-refractivity contribution in [1.29, 1.82) is 0 Å². The minimum atomic E-state index is -1.63. The number of nitrogens with zero attached hydrogens (tertiary/aromatic N) is 4. The zero-order valence-corrected chi connectivity index (χ0v) is 35.9. The Bertz CT molecular complexity index is 1870. The molecule has 3 aliphatic rings. The van der Waals surface area contributed by atoms with Crippen LogP contribution in [0.4, 0.5) is 11.6 Å². The van der Waals surface area contributed by atoms with Crippen LogP contribution in [0.2, 0.25) is 0 Å². The maximum absolute atomic E-state index is 12.0. The molecule has 0 amide bonds. The Balaban J connectivity index is 0.000000249. The van der Waals surface area contributed by atoms with Gasteiger partial charge in [-0.2, -0.15) is 9.97 Å². The molecule has 0 spiro atoms. The van der Waals surface area contributed by atoms with Crippen LogP contribution in [0.1, 0.15) is 53.0 Å². The first-order chi connectivity index (χ1) is 27.5. The van der Waals surface area contributed by atoms with Crippen molar-refractivity contribution in [3.63, 3.8) is 0 Å². The van der Waals surface area contributed by atoms with Crippen molar-refractivity contribution in [1.82, 2.24) is 24.2 Å². The van der Waals surface area contributed by atoms with Gasteiger partial charge >= 0.3 is 25.9 Å². The molecule has 1 aromatic carbocycles. The summed E-state index contributed by atoms with van der Waals surface area (Å²) in [5.41, 5.74) is 9.72. The van der Waals surface area contributed by atoms with Crippen molar-refractivity contribution in [2.24, 2.45) is 0 Å². The smallest absolute Gasteiger partial charge is 0.351 e. The monoisotopic (exact) mass is 867 g/mol. The zero-order chi connectivity index (χ0) is 41.2. The molecule has 6 rings (SSSR count). The molecule has 1 aliphatic carbocycles. The molecule has 17 nitrogen and oxygen atoms in total. The fourth-order valence-electron chi connectivity index (χ4n) is 4.90. The Morgan fingerprint density at radius 3 is 2.02 bits per heavy atom. The number of hydrogen-bond donors (Lipinski definition) is 3. The van der Waals surface area contributed by atoms with Crippen LogP contribution in [0.15, 0.2) is 88.4 Å². The molecule has 4 heterocycles. The fraction of sp³-hybridized carbons (Fsp3) is 0.472. The lowest BCUT2D eigenvalue weighted by atomic mass is 10.2. The van der Waals surface area contributed by atoms with E-state index in [1.165, 1.54) is 20.9 Å². The SMILES string of the molecule is CC.CC(C)OC(=O)CNP(OCC1OC(n2ccc(N)nc2=O)CS1)Oc1ccccc1.C[P@@](OCC1OC(n2ccc(N)nc2=O)CS1)OC1=CC=CCC1. The first-order valence-corrected chi connectivity index (χ1v) is 23.1. The molecule has 5 unspecified atom stereocenters. The fourth-order valence-corrected chi connectivity index (χ4v) is 9.01. The third-order valence-electron chi connectivity index (χ3n) is 7.38. The van der Waals surface area contributed by atoms with Crippen LogP contribution in [-0.2, 0) is 32.6 Å². The number of aromatic nitrogens is 4. The molecule has 3 aromatic rings. The number of anilines is 2. The molecule has 21 heteroatoms. The zero-order valence-electron chi connectivity index (χ0n) is 32.5. The summed E-state index contributed by atoms with van der Waals surface area (Å²) in [7, 11) is -2.62. The number of allylic oxidation sites excluding steroid dienone is 4. The summed E-state index contributed by atoms with van der Waals surface area (Å²) in [6.07, 6.45) is 10.2. The molecule has 2 aliphatic heterocycles. The predicted molar refractivity (Wildman–Crippen MR) is 225 cm³/mol. The molecule has 0 radical (unpaired) electrons. The second kappa shape index (κ2) is 24.4. The highest BCUT2D eigenvalue weighted by atomic mass is 32.2. The largest absolute Gasteiger partial charge is 0.462 e. The average Bonchev–Trinajstić information content (AvgIpc) is 3.87. The van der Waals surface area contributed by atoms with E-state index in [9.17, 15) is 14.4 Å². The number of nitrogens with one attached hydrogen (secondary N) is 1. The van der Waals surface area contributed by atoms with E-state index in [1.54, 1.807) is 62.3 Å². The summed E-state index contributed by atoms with van der Waals surface area (Å²) in [5.74, 6) is 2.77. The predicted octanol–water partition coefficient (Wildman–Crippen LogP) is 5.93. The summed E-state index contributed by atoms with van der Waals surface area (Å²) < 4.78 is 43.0. The summed E-state index contributed by atoms with van der Waals surface area (Å²) in [4.78, 5) is 43.2. The first kappa shape index (κ1) is 46.2. The van der Waals surface area contributed by atoms with Crippen molar-refractivity contribution in [3.05, 3.63) is 99.8 Å². The van der Waals surface area contributed by atoms with Gasteiger partial charge in [-0.3, -0.25) is 13.9 Å². The lowest BCUT2D eigenvalue weighted by molar-refractivity contribution is -0.145. The van der Waals surface area contributed by atoms with Crippen LogP contribution < -0.4 is 32.5 Å². The lowest BCUT2D eigenvalue weighted by Gasteiger charge is -2.20. The van der Waals surface area contributed by atoms with Crippen molar-refractivity contribution < 1.29 is 37.1 Å². The highest BCUT2D eigenvalue weighted by molar-refractivity contribution is 8.00. The second-order valence-electron chi connectivity index (χ2n) is 12.0. The Labute approximate surface area is 343 Å². The van der Waals surface area contributed by atoms with Gasteiger partial charge in [-0.1, -0.05) is 44.2 Å². The van der Waals surface area contributed by atoms with E-state index < -0.39 is 40.5 Å². The summed E-state index contributed by atoms with van der Waals surface area (Å²) >= 11 is 3.12. The maximum Gasteiger partial charge on any atom is 0.351 e. The number of carbonyl (C=O) groups excluding carboxylic acids is 1. The van der Waals surface area contributed by atoms with Gasteiger partial charge in [-0.25, -0.2) is 14.7 Å². The average molecular weight is 868 g/mol. The Morgan fingerprint density at radius 2 is 1.49 bits per heavy atom. The van der Waals surface area contributed by atoms with E-state index in [0.717, 1.165) is 18.6 Å². The number of rotatable bonds is 16. The van der Waals surface area contributed by atoms with E-state index in [1.807, 2.05) is 50.9 Å². The molecule has 0 bridgehead atoms. The molecule has 0 saturated carbocycles. The standard InChI is InChI=1S/C19H25N4O6PS.C15H20N3O4PS.C2H6/c1-13(2)27-17(24)10-21-30(29-14-6-4-3-5-7-14)26-11-18-28-16(12-31-18)23-9-8-15(20)22-19(23)25;1-23(22-11-5-3-2-4-6-11)20-9-14-21-13(10-24-14)18-8-7-12(16)17-15(18)19;1-2/h3-9,13,16,18,21H,10-12H2,1-2H3,(H2,20,22,25);2-3,5,7-8,13-14H,4,6,9-10H2,1H3,(H2,16,17,19);1-2H3/t;13?,14?,23-;/m.0./s1. The second-order valence-corrected chi connectivity index (χ2v) is 17.0. The number of thioether (sulfide) groups is 2. The van der Waals surface area contributed by atoms with Gasteiger partial charge in [0.05, 0.1) is 19.3 Å². The van der Waals surface area contributed by atoms with Crippen molar-refractivity contribution >= 4 is 58.0 Å². The molecule has 57 heavy (non-hydrogen) atoms. The quantitative estimate of drug-likeness (QED) is 0.112. The van der Waals surface area contributed by atoms with E-state index in [2.05, 4.69) is 21.1 Å². The van der Waals surface area contributed by atoms with Crippen LogP contribution in [-0.4, -0.2) is 80.0 Å². The number of esters is 1. The van der Waals surface area contributed by atoms with Crippen LogP contribution in [0.25, 0.3) is 0 Å². The maximum atomic E-state index is 12.0. The van der Waals surface area contributed by atoms with Gasteiger partial charge < -0.3 is 43.8 Å². The molecule has 2 fully saturated rings. The normalized spacial score (nSPS) is 21.0. The van der Waals surface area contributed by atoms with Gasteiger partial charge in [0.2, 0.25) is 8.38 Å². The van der Waals surface area contributed by atoms with Crippen LogP contribution in [0, 0.1) is 0 Å². The highest BCUT2D eigenvalue weighted by Crippen LogP contribution is 2.41. The van der Waals surface area contributed by atoms with E-state index >= 15 is 0 Å². The number of benzene rings is 1. The number of para-hydroxylation sites is 1. The summed E-state index contributed by atoms with van der Waals surface area (Å²) in [6, 6.07) is 12.3. The number of carbonyl (C=O) groups is 1. The Hall–Kier alpha value is -3.51. The molecule has 2 saturated heterocycles. The molecule has 5 N–H and O–H groups in total. The molecular formula is C36H51N7O10P2S2. The highest BCUT2D eigenvalue weighted by Gasteiger charge is 2.31. The summed E-state index contributed by atoms with van der Waals surface area (Å²) in [5, 5.41) is 2.96. The topological polar surface area (TPSA) is 216 Å². The van der Waals surface area contributed by atoms with Crippen molar-refractivity contribution in [2.75, 3.05) is 49.4 Å². The number of hydrogen-bond acceptors (Lipinski definition) is 17. The number of ether oxygens (including phenoxy) is 3. The van der Waals surface area contributed by atoms with Crippen LogP contribution in [0.5, 0.6) is 5.75 Å². The lowest BCUT2D eigenvalue weighted by Crippen LogP contribution is -2.29.